The Labute approximate surface area is 112 Å². The van der Waals surface area contributed by atoms with Gasteiger partial charge in [-0.05, 0) is 36.8 Å². The lowest BCUT2D eigenvalue weighted by atomic mass is 10.2. The van der Waals surface area contributed by atoms with Crippen LogP contribution in [0, 0.1) is 6.92 Å². The fourth-order valence-corrected chi connectivity index (χ4v) is 1.77. The average molecular weight is 256 g/mol. The van der Waals surface area contributed by atoms with Crippen molar-refractivity contribution in [3.05, 3.63) is 53.9 Å². The van der Waals surface area contributed by atoms with Crippen molar-refractivity contribution >= 4 is 17.2 Å². The lowest BCUT2D eigenvalue weighted by Crippen LogP contribution is -2.16. The average Bonchev–Trinajstić information content (AvgIpc) is 2.46. The molecule has 0 saturated carbocycles. The first-order valence-electron chi connectivity index (χ1n) is 5.86. The number of hydrogen-bond acceptors (Lipinski definition) is 4. The molecule has 2 aromatic rings. The highest BCUT2D eigenvalue weighted by atomic mass is 16.4. The number of amidine groups is 1. The maximum absolute atomic E-state index is 8.59. The van der Waals surface area contributed by atoms with Gasteiger partial charge in [0.05, 0.1) is 11.9 Å². The zero-order chi connectivity index (χ0) is 13.8. The molecule has 0 saturated heterocycles. The lowest BCUT2D eigenvalue weighted by Gasteiger charge is -2.19. The molecule has 5 nitrogen and oxygen atoms in total. The van der Waals surface area contributed by atoms with E-state index in [9.17, 15) is 0 Å². The normalized spacial score (nSPS) is 11.4. The van der Waals surface area contributed by atoms with Crippen LogP contribution in [0.15, 0.2) is 47.8 Å². The number of nitrogens with zero attached hydrogens (tertiary/aromatic N) is 3. The Bertz CT molecular complexity index is 593. The van der Waals surface area contributed by atoms with Crippen LogP contribution in [0.4, 0.5) is 11.4 Å². The topological polar surface area (TPSA) is 74.7 Å². The summed E-state index contributed by atoms with van der Waals surface area (Å²) in [6, 6.07) is 11.8. The molecule has 2 rings (SSSR count). The van der Waals surface area contributed by atoms with E-state index < -0.39 is 0 Å². The molecular formula is C14H16N4O. The third-order valence-electron chi connectivity index (χ3n) is 2.89. The summed E-state index contributed by atoms with van der Waals surface area (Å²) >= 11 is 0. The number of aromatic nitrogens is 1. The van der Waals surface area contributed by atoms with Crippen LogP contribution in [0.2, 0.25) is 0 Å². The Kier molecular flexibility index (Phi) is 3.66. The van der Waals surface area contributed by atoms with Crippen molar-refractivity contribution in [3.8, 4) is 0 Å². The Morgan fingerprint density at radius 3 is 2.63 bits per heavy atom. The number of nitrogens with two attached hydrogens (primary N) is 1. The summed E-state index contributed by atoms with van der Waals surface area (Å²) < 4.78 is 0. The molecule has 1 aromatic heterocycles. The maximum atomic E-state index is 8.59. The molecule has 3 N–H and O–H groups in total. The molecule has 0 aliphatic heterocycles. The van der Waals surface area contributed by atoms with Crippen LogP contribution in [-0.4, -0.2) is 23.1 Å². The molecule has 1 heterocycles. The number of anilines is 2. The molecule has 0 radical (unpaired) electrons. The largest absolute Gasteiger partial charge is 0.409 e. The fraction of sp³-hybridized carbons (Fsp3) is 0.143. The van der Waals surface area contributed by atoms with E-state index in [1.807, 2.05) is 30.1 Å². The van der Waals surface area contributed by atoms with Gasteiger partial charge in [0.25, 0.3) is 0 Å². The standard InChI is InChI=1S/C14H16N4O/c1-10-4-3-5-11(8-10)18(2)12-6-7-13(16-9-12)14(15)17-19/h3-9,19H,1-2H3,(H2,15,17). The summed E-state index contributed by atoms with van der Waals surface area (Å²) in [5.41, 5.74) is 9.14. The van der Waals surface area contributed by atoms with Crippen molar-refractivity contribution in [2.45, 2.75) is 6.92 Å². The van der Waals surface area contributed by atoms with E-state index in [-0.39, 0.29) is 5.84 Å². The predicted octanol–water partition coefficient (Wildman–Crippen LogP) is 2.25. The maximum Gasteiger partial charge on any atom is 0.188 e. The number of aryl methyl sites for hydroxylation is 1. The molecule has 98 valence electrons. The fourth-order valence-electron chi connectivity index (χ4n) is 1.77. The number of benzene rings is 1. The summed E-state index contributed by atoms with van der Waals surface area (Å²) in [6.45, 7) is 2.05. The highest BCUT2D eigenvalue weighted by Crippen LogP contribution is 2.23. The van der Waals surface area contributed by atoms with Gasteiger partial charge in [0.15, 0.2) is 5.84 Å². The predicted molar refractivity (Wildman–Crippen MR) is 76.0 cm³/mol. The van der Waals surface area contributed by atoms with E-state index in [0.29, 0.717) is 5.69 Å². The van der Waals surface area contributed by atoms with Crippen molar-refractivity contribution in [1.29, 1.82) is 0 Å². The van der Waals surface area contributed by atoms with Crippen LogP contribution in [0.3, 0.4) is 0 Å². The second-order valence-electron chi connectivity index (χ2n) is 4.28. The molecule has 0 aliphatic carbocycles. The summed E-state index contributed by atoms with van der Waals surface area (Å²) in [7, 11) is 1.97. The third kappa shape index (κ3) is 2.82. The minimum absolute atomic E-state index is 0.00441. The van der Waals surface area contributed by atoms with Gasteiger partial charge in [0, 0.05) is 12.7 Å². The van der Waals surface area contributed by atoms with E-state index in [4.69, 9.17) is 10.9 Å². The van der Waals surface area contributed by atoms with Crippen molar-refractivity contribution < 1.29 is 5.21 Å². The molecule has 0 amide bonds. The van der Waals surface area contributed by atoms with Crippen LogP contribution >= 0.6 is 0 Å². The van der Waals surface area contributed by atoms with Gasteiger partial charge in [-0.25, -0.2) is 0 Å². The smallest absolute Gasteiger partial charge is 0.188 e. The van der Waals surface area contributed by atoms with Gasteiger partial charge in [-0.15, -0.1) is 0 Å². The number of rotatable bonds is 3. The van der Waals surface area contributed by atoms with Gasteiger partial charge in [-0.3, -0.25) is 4.98 Å². The van der Waals surface area contributed by atoms with Crippen LogP contribution in [0.5, 0.6) is 0 Å². The second-order valence-corrected chi connectivity index (χ2v) is 4.28. The van der Waals surface area contributed by atoms with Gasteiger partial charge < -0.3 is 15.8 Å². The molecule has 5 heteroatoms. The van der Waals surface area contributed by atoms with E-state index in [1.54, 1.807) is 12.3 Å². The van der Waals surface area contributed by atoms with Crippen molar-refractivity contribution in [2.24, 2.45) is 10.9 Å². The molecule has 0 aliphatic rings. The first-order valence-corrected chi connectivity index (χ1v) is 5.86. The summed E-state index contributed by atoms with van der Waals surface area (Å²) in [4.78, 5) is 6.18. The van der Waals surface area contributed by atoms with Crippen LogP contribution in [0.1, 0.15) is 11.3 Å². The number of hydrogen-bond donors (Lipinski definition) is 2. The molecule has 1 aromatic carbocycles. The molecule has 19 heavy (non-hydrogen) atoms. The molecule has 0 atom stereocenters. The molecule has 0 bridgehead atoms. The van der Waals surface area contributed by atoms with Gasteiger partial charge in [0.2, 0.25) is 0 Å². The van der Waals surface area contributed by atoms with Crippen molar-refractivity contribution in [2.75, 3.05) is 11.9 Å². The quantitative estimate of drug-likeness (QED) is 0.382. The summed E-state index contributed by atoms with van der Waals surface area (Å²) in [5.74, 6) is 0.00441. The Morgan fingerprint density at radius 2 is 2.05 bits per heavy atom. The Hall–Kier alpha value is -2.56. The van der Waals surface area contributed by atoms with E-state index >= 15 is 0 Å². The summed E-state index contributed by atoms with van der Waals surface area (Å²) in [6.07, 6.45) is 1.69. The minimum Gasteiger partial charge on any atom is -0.409 e. The highest BCUT2D eigenvalue weighted by Gasteiger charge is 2.06. The zero-order valence-electron chi connectivity index (χ0n) is 10.9. The second kappa shape index (κ2) is 5.39. The van der Waals surface area contributed by atoms with Crippen molar-refractivity contribution in [3.63, 3.8) is 0 Å². The monoisotopic (exact) mass is 256 g/mol. The number of oxime groups is 1. The molecule has 0 unspecified atom stereocenters. The summed E-state index contributed by atoms with van der Waals surface area (Å²) in [5, 5.41) is 11.5. The third-order valence-corrected chi connectivity index (χ3v) is 2.89. The van der Waals surface area contributed by atoms with Crippen LogP contribution < -0.4 is 10.6 Å². The van der Waals surface area contributed by atoms with Gasteiger partial charge in [-0.2, -0.15) is 0 Å². The van der Waals surface area contributed by atoms with Crippen LogP contribution in [-0.2, 0) is 0 Å². The van der Waals surface area contributed by atoms with Crippen molar-refractivity contribution in [1.82, 2.24) is 4.98 Å². The van der Waals surface area contributed by atoms with Crippen LogP contribution in [0.25, 0.3) is 0 Å². The molecular weight excluding hydrogens is 240 g/mol. The van der Waals surface area contributed by atoms with E-state index in [2.05, 4.69) is 29.2 Å². The first kappa shape index (κ1) is 12.9. The highest BCUT2D eigenvalue weighted by molar-refractivity contribution is 5.95. The lowest BCUT2D eigenvalue weighted by molar-refractivity contribution is 0.318. The van der Waals surface area contributed by atoms with Gasteiger partial charge in [-0.1, -0.05) is 17.3 Å². The Balaban J connectivity index is 2.27. The zero-order valence-corrected chi connectivity index (χ0v) is 10.9. The SMILES string of the molecule is Cc1cccc(N(C)c2ccc(/C(N)=N/O)nc2)c1. The van der Waals surface area contributed by atoms with Gasteiger partial charge in [0.1, 0.15) is 5.69 Å². The van der Waals surface area contributed by atoms with E-state index in [0.717, 1.165) is 11.4 Å². The van der Waals surface area contributed by atoms with E-state index in [1.165, 1.54) is 5.56 Å². The minimum atomic E-state index is 0.00441. The van der Waals surface area contributed by atoms with Gasteiger partial charge >= 0.3 is 0 Å². The molecule has 0 spiro atoms. The molecule has 0 fully saturated rings. The Morgan fingerprint density at radius 1 is 1.26 bits per heavy atom. The number of pyridine rings is 1. The first-order chi connectivity index (χ1) is 9.11.